The van der Waals surface area contributed by atoms with Crippen molar-refractivity contribution in [1.82, 2.24) is 9.80 Å². The third kappa shape index (κ3) is 4.77. The van der Waals surface area contributed by atoms with E-state index in [0.29, 0.717) is 25.6 Å². The lowest BCUT2D eigenvalue weighted by atomic mass is 9.78. The van der Waals surface area contributed by atoms with Crippen LogP contribution in [0.1, 0.15) is 59.9 Å². The number of hydrogen-bond acceptors (Lipinski definition) is 6. The fourth-order valence-corrected chi connectivity index (χ4v) is 4.32. The van der Waals surface area contributed by atoms with Gasteiger partial charge in [0.1, 0.15) is 11.4 Å². The van der Waals surface area contributed by atoms with E-state index in [-0.39, 0.29) is 24.4 Å². The molecule has 1 unspecified atom stereocenters. The second-order valence-corrected chi connectivity index (χ2v) is 11.2. The first-order chi connectivity index (χ1) is 14.8. The SMILES string of the molecule is CC(C)(C)OC(=O)N1CCN(CC2COc3cc(B4OC(C)(C)C(C)(C)O4)ccc32)CC1. The molecular formula is C24H37BN2O5. The molecule has 0 bridgehead atoms. The smallest absolute Gasteiger partial charge is 0.493 e. The summed E-state index contributed by atoms with van der Waals surface area (Å²) in [6.45, 7) is 18.6. The second kappa shape index (κ2) is 8.22. The lowest BCUT2D eigenvalue weighted by Gasteiger charge is -2.36. The predicted molar refractivity (Wildman–Crippen MR) is 125 cm³/mol. The molecule has 0 aromatic heterocycles. The zero-order chi connectivity index (χ0) is 23.3. The van der Waals surface area contributed by atoms with Crippen molar-refractivity contribution in [1.29, 1.82) is 0 Å². The summed E-state index contributed by atoms with van der Waals surface area (Å²) in [6.07, 6.45) is -0.220. The van der Waals surface area contributed by atoms with Crippen LogP contribution in [0.2, 0.25) is 0 Å². The van der Waals surface area contributed by atoms with E-state index in [4.69, 9.17) is 18.8 Å². The topological polar surface area (TPSA) is 60.5 Å². The van der Waals surface area contributed by atoms with Gasteiger partial charge in [0.25, 0.3) is 0 Å². The number of benzene rings is 1. The van der Waals surface area contributed by atoms with Crippen LogP contribution in [0, 0.1) is 0 Å². The highest BCUT2D eigenvalue weighted by atomic mass is 16.7. The Kier molecular flexibility index (Phi) is 6.01. The zero-order valence-corrected chi connectivity index (χ0v) is 20.6. The maximum Gasteiger partial charge on any atom is 0.494 e. The first kappa shape index (κ1) is 23.4. The normalized spacial score (nSPS) is 24.9. The largest absolute Gasteiger partial charge is 0.494 e. The molecule has 2 saturated heterocycles. The summed E-state index contributed by atoms with van der Waals surface area (Å²) in [6, 6.07) is 6.32. The number of hydrogen-bond donors (Lipinski definition) is 0. The first-order valence-electron chi connectivity index (χ1n) is 11.7. The summed E-state index contributed by atoms with van der Waals surface area (Å²) in [7, 11) is -0.381. The van der Waals surface area contributed by atoms with Gasteiger partial charge in [-0.05, 0) is 60.0 Å². The zero-order valence-electron chi connectivity index (χ0n) is 20.6. The van der Waals surface area contributed by atoms with E-state index >= 15 is 0 Å². The van der Waals surface area contributed by atoms with Gasteiger partial charge in [0.05, 0.1) is 17.8 Å². The average molecular weight is 444 g/mol. The van der Waals surface area contributed by atoms with Crippen LogP contribution in [0.25, 0.3) is 0 Å². The Balaban J connectivity index is 1.34. The van der Waals surface area contributed by atoms with Gasteiger partial charge in [0.2, 0.25) is 0 Å². The monoisotopic (exact) mass is 444 g/mol. The van der Waals surface area contributed by atoms with Crippen LogP contribution in [0.5, 0.6) is 5.75 Å². The minimum Gasteiger partial charge on any atom is -0.493 e. The Morgan fingerprint density at radius 2 is 1.72 bits per heavy atom. The molecule has 7 nitrogen and oxygen atoms in total. The molecule has 3 aliphatic rings. The molecule has 1 aromatic rings. The van der Waals surface area contributed by atoms with Gasteiger partial charge in [-0.1, -0.05) is 12.1 Å². The first-order valence-corrected chi connectivity index (χ1v) is 11.7. The Labute approximate surface area is 192 Å². The van der Waals surface area contributed by atoms with Crippen molar-refractivity contribution in [3.8, 4) is 5.75 Å². The van der Waals surface area contributed by atoms with Crippen LogP contribution in [0.3, 0.4) is 0 Å². The minimum absolute atomic E-state index is 0.220. The van der Waals surface area contributed by atoms with E-state index in [2.05, 4.69) is 50.8 Å². The van der Waals surface area contributed by atoms with Crippen LogP contribution in [-0.4, -0.2) is 79.1 Å². The maximum atomic E-state index is 12.3. The van der Waals surface area contributed by atoms with Gasteiger partial charge in [0, 0.05) is 44.2 Å². The van der Waals surface area contributed by atoms with Crippen molar-refractivity contribution in [3.63, 3.8) is 0 Å². The molecule has 8 heteroatoms. The number of rotatable bonds is 3. The number of piperazine rings is 1. The third-order valence-electron chi connectivity index (χ3n) is 6.95. The van der Waals surface area contributed by atoms with Gasteiger partial charge in [-0.2, -0.15) is 0 Å². The van der Waals surface area contributed by atoms with Gasteiger partial charge in [0.15, 0.2) is 0 Å². The van der Waals surface area contributed by atoms with Gasteiger partial charge in [-0.25, -0.2) is 4.79 Å². The third-order valence-corrected chi connectivity index (χ3v) is 6.95. The number of nitrogens with zero attached hydrogens (tertiary/aromatic N) is 2. The van der Waals surface area contributed by atoms with Crippen molar-refractivity contribution >= 4 is 18.7 Å². The molecule has 2 fully saturated rings. The number of amides is 1. The van der Waals surface area contributed by atoms with Gasteiger partial charge in [-0.15, -0.1) is 0 Å². The Bertz CT molecular complexity index is 842. The van der Waals surface area contributed by atoms with E-state index in [9.17, 15) is 4.79 Å². The van der Waals surface area contributed by atoms with E-state index in [1.807, 2.05) is 20.8 Å². The van der Waals surface area contributed by atoms with E-state index in [0.717, 1.165) is 30.8 Å². The Hall–Kier alpha value is -1.77. The summed E-state index contributed by atoms with van der Waals surface area (Å²) in [5.74, 6) is 1.25. The molecule has 176 valence electrons. The van der Waals surface area contributed by atoms with Crippen LogP contribution < -0.4 is 10.2 Å². The van der Waals surface area contributed by atoms with Crippen molar-refractivity contribution < 1.29 is 23.6 Å². The standard InChI is InChI=1S/C24H37BN2O5/c1-22(2,3)30-21(28)27-12-10-26(11-13-27)15-17-16-29-20-14-18(8-9-19(17)20)25-31-23(4,5)24(6,7)32-25/h8-9,14,17H,10-13,15-16H2,1-7H3. The molecule has 32 heavy (non-hydrogen) atoms. The summed E-state index contributed by atoms with van der Waals surface area (Å²) < 4.78 is 23.9. The van der Waals surface area contributed by atoms with Crippen molar-refractivity contribution in [2.75, 3.05) is 39.3 Å². The van der Waals surface area contributed by atoms with Crippen LogP contribution >= 0.6 is 0 Å². The minimum atomic E-state index is -0.460. The quantitative estimate of drug-likeness (QED) is 0.669. The number of carbonyl (C=O) groups excluding carboxylic acids is 1. The molecule has 0 radical (unpaired) electrons. The van der Waals surface area contributed by atoms with E-state index in [1.54, 1.807) is 4.90 Å². The molecular weight excluding hydrogens is 407 g/mol. The molecule has 1 amide bonds. The average Bonchev–Trinajstić information content (AvgIpc) is 3.17. The molecule has 3 heterocycles. The van der Waals surface area contributed by atoms with E-state index < -0.39 is 5.60 Å². The van der Waals surface area contributed by atoms with Crippen molar-refractivity contribution in [3.05, 3.63) is 23.8 Å². The van der Waals surface area contributed by atoms with Crippen molar-refractivity contribution in [2.24, 2.45) is 0 Å². The fourth-order valence-electron chi connectivity index (χ4n) is 4.32. The summed E-state index contributed by atoms with van der Waals surface area (Å²) in [4.78, 5) is 16.5. The molecule has 0 saturated carbocycles. The Morgan fingerprint density at radius 3 is 2.31 bits per heavy atom. The lowest BCUT2D eigenvalue weighted by Crippen LogP contribution is -2.50. The number of ether oxygens (including phenoxy) is 2. The Morgan fingerprint density at radius 1 is 1.09 bits per heavy atom. The lowest BCUT2D eigenvalue weighted by molar-refractivity contribution is 0.00578. The molecule has 0 N–H and O–H groups in total. The molecule has 1 aromatic carbocycles. The summed E-state index contributed by atoms with van der Waals surface area (Å²) in [5, 5.41) is 0. The predicted octanol–water partition coefficient (Wildman–Crippen LogP) is 3.01. The summed E-state index contributed by atoms with van der Waals surface area (Å²) in [5.41, 5.74) is 1.05. The van der Waals surface area contributed by atoms with E-state index in [1.165, 1.54) is 5.56 Å². The van der Waals surface area contributed by atoms with Gasteiger partial charge >= 0.3 is 13.2 Å². The highest BCUT2D eigenvalue weighted by Crippen LogP contribution is 2.38. The molecule has 4 rings (SSSR count). The molecule has 0 spiro atoms. The fraction of sp³-hybridized carbons (Fsp3) is 0.708. The van der Waals surface area contributed by atoms with Gasteiger partial charge in [-0.3, -0.25) is 4.90 Å². The number of carbonyl (C=O) groups is 1. The second-order valence-electron chi connectivity index (χ2n) is 11.2. The highest BCUT2D eigenvalue weighted by Gasteiger charge is 2.52. The number of fused-ring (bicyclic) bond motifs is 1. The molecule has 1 atom stereocenters. The highest BCUT2D eigenvalue weighted by molar-refractivity contribution is 6.62. The van der Waals surface area contributed by atoms with Crippen LogP contribution in [-0.2, 0) is 14.0 Å². The van der Waals surface area contributed by atoms with Crippen molar-refractivity contribution in [2.45, 2.75) is 71.2 Å². The van der Waals surface area contributed by atoms with Crippen LogP contribution in [0.15, 0.2) is 18.2 Å². The summed E-state index contributed by atoms with van der Waals surface area (Å²) >= 11 is 0. The molecule has 0 aliphatic carbocycles. The molecule has 3 aliphatic heterocycles. The maximum absolute atomic E-state index is 12.3. The van der Waals surface area contributed by atoms with Crippen LogP contribution in [0.4, 0.5) is 4.79 Å². The van der Waals surface area contributed by atoms with Gasteiger partial charge < -0.3 is 23.7 Å².